The minimum absolute atomic E-state index is 0.0519. The fourth-order valence-corrected chi connectivity index (χ4v) is 2.00. The lowest BCUT2D eigenvalue weighted by atomic mass is 10.1. The van der Waals surface area contributed by atoms with Gasteiger partial charge in [-0.2, -0.15) is 4.98 Å². The van der Waals surface area contributed by atoms with Gasteiger partial charge in [0.15, 0.2) is 11.2 Å². The van der Waals surface area contributed by atoms with Gasteiger partial charge in [0, 0.05) is 19.1 Å². The van der Waals surface area contributed by atoms with Gasteiger partial charge in [-0.3, -0.25) is 19.9 Å². The van der Waals surface area contributed by atoms with Gasteiger partial charge in [-0.05, 0) is 12.3 Å². The Labute approximate surface area is 127 Å². The van der Waals surface area contributed by atoms with Gasteiger partial charge in [-0.25, -0.2) is 4.98 Å². The third-order valence-corrected chi connectivity index (χ3v) is 3.53. The number of hydrogen-bond donors (Lipinski definition) is 3. The summed E-state index contributed by atoms with van der Waals surface area (Å²) in [7, 11) is 0. The van der Waals surface area contributed by atoms with Crippen LogP contribution in [0.3, 0.4) is 0 Å². The summed E-state index contributed by atoms with van der Waals surface area (Å²) in [6.45, 7) is 6.05. The highest BCUT2D eigenvalue weighted by atomic mass is 16.3. The third-order valence-electron chi connectivity index (χ3n) is 3.53. The molecule has 2 aromatic rings. The van der Waals surface area contributed by atoms with Gasteiger partial charge in [-0.15, -0.1) is 0 Å². The first-order chi connectivity index (χ1) is 10.5. The Morgan fingerprint density at radius 3 is 2.82 bits per heavy atom. The van der Waals surface area contributed by atoms with E-state index in [1.807, 2.05) is 6.92 Å². The fourth-order valence-electron chi connectivity index (χ4n) is 2.00. The molecular weight excluding hydrogens is 286 g/mol. The summed E-state index contributed by atoms with van der Waals surface area (Å²) in [6.07, 6.45) is 2.33. The van der Waals surface area contributed by atoms with Crippen molar-refractivity contribution < 1.29 is 9.90 Å². The molecule has 0 spiro atoms. The summed E-state index contributed by atoms with van der Waals surface area (Å²) in [5, 5.41) is 11.9. The average Bonchev–Trinajstić information content (AvgIpc) is 2.88. The van der Waals surface area contributed by atoms with E-state index in [0.717, 1.165) is 6.42 Å². The Morgan fingerprint density at radius 1 is 1.50 bits per heavy atom. The number of nitrogens with one attached hydrogen (secondary N) is 2. The Balaban J connectivity index is 2.38. The second-order valence-electron chi connectivity index (χ2n) is 5.58. The number of fused-ring (bicyclic) bond motifs is 1. The molecule has 22 heavy (non-hydrogen) atoms. The van der Waals surface area contributed by atoms with Crippen LogP contribution in [-0.2, 0) is 11.3 Å². The highest BCUT2D eigenvalue weighted by Gasteiger charge is 2.15. The fraction of sp³-hybridized carbons (Fsp3) is 0.571. The zero-order chi connectivity index (χ0) is 16.3. The molecule has 0 saturated carbocycles. The molecule has 1 amide bonds. The molecule has 2 heterocycles. The van der Waals surface area contributed by atoms with Crippen LogP contribution in [0.5, 0.6) is 0 Å². The second-order valence-corrected chi connectivity index (χ2v) is 5.58. The van der Waals surface area contributed by atoms with Gasteiger partial charge in [0.05, 0.1) is 6.33 Å². The van der Waals surface area contributed by atoms with Crippen molar-refractivity contribution in [3.63, 3.8) is 0 Å². The largest absolute Gasteiger partial charge is 0.396 e. The number of carbonyl (C=O) groups is 1. The molecule has 8 heteroatoms. The molecular formula is C14H21N5O3. The van der Waals surface area contributed by atoms with Crippen LogP contribution in [0.4, 0.5) is 5.95 Å². The standard InChI is InChI=1S/C14H21N5O3/c1-4-9(6-20)5-19-7-15-10-11(19)16-14(18-13(10)22)17-12(21)8(2)3/h7-9,20H,4-6H2,1-3H3,(H2,16,17,18,21,22). The topological polar surface area (TPSA) is 113 Å². The molecule has 0 aliphatic heterocycles. The first-order valence-electron chi connectivity index (χ1n) is 7.33. The lowest BCUT2D eigenvalue weighted by molar-refractivity contribution is -0.118. The van der Waals surface area contributed by atoms with Crippen LogP contribution in [0.15, 0.2) is 11.1 Å². The van der Waals surface area contributed by atoms with Crippen molar-refractivity contribution in [1.29, 1.82) is 0 Å². The molecule has 120 valence electrons. The normalized spacial score (nSPS) is 12.8. The Hall–Kier alpha value is -2.22. The second kappa shape index (κ2) is 6.69. The number of carbonyl (C=O) groups excluding carboxylic acids is 1. The molecule has 0 aliphatic rings. The minimum Gasteiger partial charge on any atom is -0.396 e. The number of imidazole rings is 1. The molecule has 0 aliphatic carbocycles. The van der Waals surface area contributed by atoms with Gasteiger partial charge in [0.2, 0.25) is 11.9 Å². The molecule has 0 radical (unpaired) electrons. The highest BCUT2D eigenvalue weighted by molar-refractivity contribution is 5.91. The maximum atomic E-state index is 12.0. The third kappa shape index (κ3) is 3.33. The summed E-state index contributed by atoms with van der Waals surface area (Å²) in [5.74, 6) is -0.276. The van der Waals surface area contributed by atoms with Crippen LogP contribution in [0.25, 0.3) is 11.2 Å². The highest BCUT2D eigenvalue weighted by Crippen LogP contribution is 2.12. The number of anilines is 1. The summed E-state index contributed by atoms with van der Waals surface area (Å²) in [6, 6.07) is 0. The first kappa shape index (κ1) is 16.2. The van der Waals surface area contributed by atoms with Gasteiger partial charge in [0.25, 0.3) is 5.56 Å². The number of amides is 1. The van der Waals surface area contributed by atoms with Crippen molar-refractivity contribution >= 4 is 23.0 Å². The smallest absolute Gasteiger partial charge is 0.280 e. The van der Waals surface area contributed by atoms with E-state index in [9.17, 15) is 14.7 Å². The number of aliphatic hydroxyl groups is 1. The summed E-state index contributed by atoms with van der Waals surface area (Å²) < 4.78 is 1.72. The zero-order valence-electron chi connectivity index (χ0n) is 13.0. The van der Waals surface area contributed by atoms with E-state index in [2.05, 4.69) is 20.3 Å². The number of nitrogens with zero attached hydrogens (tertiary/aromatic N) is 3. The van der Waals surface area contributed by atoms with E-state index in [0.29, 0.717) is 12.2 Å². The zero-order valence-corrected chi connectivity index (χ0v) is 13.0. The summed E-state index contributed by atoms with van der Waals surface area (Å²) in [4.78, 5) is 34.6. The molecule has 3 N–H and O–H groups in total. The number of hydrogen-bond acceptors (Lipinski definition) is 5. The molecule has 1 atom stereocenters. The molecule has 1 unspecified atom stereocenters. The van der Waals surface area contributed by atoms with Gasteiger partial charge >= 0.3 is 0 Å². The van der Waals surface area contributed by atoms with Crippen LogP contribution in [0.2, 0.25) is 0 Å². The van der Waals surface area contributed by atoms with E-state index < -0.39 is 5.56 Å². The number of H-pyrrole nitrogens is 1. The monoisotopic (exact) mass is 307 g/mol. The molecule has 0 saturated heterocycles. The van der Waals surface area contributed by atoms with E-state index >= 15 is 0 Å². The summed E-state index contributed by atoms with van der Waals surface area (Å²) in [5.41, 5.74) is 0.213. The van der Waals surface area contributed by atoms with Gasteiger partial charge in [0.1, 0.15) is 0 Å². The Bertz CT molecular complexity index is 715. The molecule has 0 aromatic carbocycles. The predicted molar refractivity (Wildman–Crippen MR) is 82.5 cm³/mol. The average molecular weight is 307 g/mol. The predicted octanol–water partition coefficient (Wildman–Crippen LogP) is 0.733. The molecule has 0 fully saturated rings. The maximum Gasteiger partial charge on any atom is 0.280 e. The van der Waals surface area contributed by atoms with Crippen molar-refractivity contribution in [3.8, 4) is 0 Å². The lowest BCUT2D eigenvalue weighted by Gasteiger charge is -2.12. The van der Waals surface area contributed by atoms with Crippen LogP contribution >= 0.6 is 0 Å². The number of aromatic nitrogens is 4. The van der Waals surface area contributed by atoms with E-state index in [1.54, 1.807) is 18.4 Å². The van der Waals surface area contributed by atoms with E-state index in [-0.39, 0.29) is 35.8 Å². The number of aliphatic hydroxyl groups excluding tert-OH is 1. The molecule has 8 nitrogen and oxygen atoms in total. The van der Waals surface area contributed by atoms with Crippen molar-refractivity contribution in [1.82, 2.24) is 19.5 Å². The molecule has 2 aromatic heterocycles. The quantitative estimate of drug-likeness (QED) is 0.728. The van der Waals surface area contributed by atoms with Crippen molar-refractivity contribution in [2.45, 2.75) is 33.7 Å². The lowest BCUT2D eigenvalue weighted by Crippen LogP contribution is -2.22. The van der Waals surface area contributed by atoms with Crippen LogP contribution in [0.1, 0.15) is 27.2 Å². The minimum atomic E-state index is -0.403. The number of rotatable bonds is 6. The van der Waals surface area contributed by atoms with Gasteiger partial charge in [-0.1, -0.05) is 20.8 Å². The molecule has 0 bridgehead atoms. The maximum absolute atomic E-state index is 12.0. The number of aromatic amines is 1. The van der Waals surface area contributed by atoms with Crippen LogP contribution in [-0.4, -0.2) is 37.1 Å². The van der Waals surface area contributed by atoms with Crippen molar-refractivity contribution in [3.05, 3.63) is 16.7 Å². The van der Waals surface area contributed by atoms with E-state index in [4.69, 9.17) is 0 Å². The van der Waals surface area contributed by atoms with Crippen LogP contribution in [0, 0.1) is 11.8 Å². The Kier molecular flexibility index (Phi) is 4.92. The first-order valence-corrected chi connectivity index (χ1v) is 7.33. The van der Waals surface area contributed by atoms with Crippen molar-refractivity contribution in [2.75, 3.05) is 11.9 Å². The molecule has 2 rings (SSSR count). The summed E-state index contributed by atoms with van der Waals surface area (Å²) >= 11 is 0. The Morgan fingerprint density at radius 2 is 2.23 bits per heavy atom. The van der Waals surface area contributed by atoms with E-state index in [1.165, 1.54) is 6.33 Å². The SMILES string of the molecule is CCC(CO)Cn1cnc2c(=O)[nH]c(NC(=O)C(C)C)nc21. The van der Waals surface area contributed by atoms with Gasteiger partial charge < -0.3 is 9.67 Å². The van der Waals surface area contributed by atoms with Crippen molar-refractivity contribution in [2.24, 2.45) is 11.8 Å². The van der Waals surface area contributed by atoms with Crippen LogP contribution < -0.4 is 10.9 Å².